The van der Waals surface area contributed by atoms with Crippen LogP contribution < -0.4 is 4.90 Å². The zero-order valence-electron chi connectivity index (χ0n) is 8.46. The second-order valence-corrected chi connectivity index (χ2v) is 4.18. The molecule has 0 heterocycles. The summed E-state index contributed by atoms with van der Waals surface area (Å²) in [6.07, 6.45) is 0. The van der Waals surface area contributed by atoms with Crippen molar-refractivity contribution >= 4 is 14.7 Å². The molecule has 3 N–H and O–H groups in total. The van der Waals surface area contributed by atoms with E-state index in [1.165, 1.54) is 5.69 Å². The molecule has 0 aliphatic heterocycles. The lowest BCUT2D eigenvalue weighted by Gasteiger charge is -2.10. The first-order valence-electron chi connectivity index (χ1n) is 4.06. The second-order valence-electron chi connectivity index (χ2n) is 2.88. The molecule has 86 valence electrons. The third-order valence-corrected chi connectivity index (χ3v) is 1.58. The molecule has 0 aromatic heterocycles. The van der Waals surface area contributed by atoms with Gasteiger partial charge in [-0.15, -0.1) is 0 Å². The van der Waals surface area contributed by atoms with Crippen LogP contribution >= 0.6 is 0 Å². The predicted molar refractivity (Wildman–Crippen MR) is 55.4 cm³/mol. The van der Waals surface area contributed by atoms with Gasteiger partial charge in [0.05, 0.1) is 0 Å². The van der Waals surface area contributed by atoms with E-state index in [2.05, 4.69) is 21.7 Å². The highest BCUT2D eigenvalue weighted by molar-refractivity contribution is 6.48. The second kappa shape index (κ2) is 6.48. The monoisotopic (exact) mass is 235 g/mol. The first kappa shape index (κ1) is 14.0. The topological polar surface area (TPSA) is 73.2 Å². The van der Waals surface area contributed by atoms with Crippen LogP contribution in [0.3, 0.4) is 0 Å². The summed E-state index contributed by atoms with van der Waals surface area (Å²) in [6.45, 7) is 0. The van der Waals surface area contributed by atoms with E-state index in [0.29, 0.717) is 0 Å². The van der Waals surface area contributed by atoms with Gasteiger partial charge in [-0.25, -0.2) is 0 Å². The van der Waals surface area contributed by atoms with E-state index in [-0.39, 0.29) is 0 Å². The fourth-order valence-corrected chi connectivity index (χ4v) is 0.726. The summed E-state index contributed by atoms with van der Waals surface area (Å²) < 4.78 is 12.6. The van der Waals surface area contributed by atoms with Crippen molar-refractivity contribution in [1.29, 1.82) is 0 Å². The smallest absolute Gasteiger partial charge is 0.378 e. The van der Waals surface area contributed by atoms with E-state index >= 15 is 0 Å². The molecule has 0 saturated heterocycles. The number of nitrogens with zero attached hydrogens (tertiary/aromatic N) is 1. The number of halogens is 1. The summed E-state index contributed by atoms with van der Waals surface area (Å²) in [6, 6.07) is 10.3. The Morgan fingerprint density at radius 3 is 1.73 bits per heavy atom. The number of rotatable bonds is 2. The van der Waals surface area contributed by atoms with Crippen molar-refractivity contribution in [2.45, 2.75) is 0 Å². The van der Waals surface area contributed by atoms with Crippen LogP contribution in [0.1, 0.15) is 0 Å². The lowest BCUT2D eigenvalue weighted by molar-refractivity contribution is -0.111. The van der Waals surface area contributed by atoms with Gasteiger partial charge in [0.1, 0.15) is 0 Å². The average molecular weight is 235 g/mol. The van der Waals surface area contributed by atoms with Crippen LogP contribution in [0.15, 0.2) is 30.3 Å². The molecule has 5 nitrogen and oxygen atoms in total. The maximum absolute atomic E-state index is 10.3. The van der Waals surface area contributed by atoms with Gasteiger partial charge in [-0.1, -0.05) is 22.7 Å². The van der Waals surface area contributed by atoms with Crippen molar-refractivity contribution in [2.24, 2.45) is 0 Å². The molecule has 0 unspecified atom stereocenters. The normalized spacial score (nSPS) is 10.3. The standard InChI is InChI=1S/C8H11N.FH3O4Si/c1-9(2)8-6-4-3-5-7-8;1-5-6(2,3)4/h3-7H,1-2H3;2-4H. The average Bonchev–Trinajstić information content (AvgIpc) is 2.19. The zero-order chi connectivity index (χ0) is 11.9. The summed E-state index contributed by atoms with van der Waals surface area (Å²) in [4.78, 5) is 24.5. The SMILES string of the molecule is CN(C)c1ccccc1.O[Si](O)(O)OF. The Labute approximate surface area is 88.4 Å². The Kier molecular flexibility index (Phi) is 6.05. The summed E-state index contributed by atoms with van der Waals surface area (Å²) in [7, 11) is -0.724. The lowest BCUT2D eigenvalue weighted by atomic mass is 10.3. The number of hydrogen-bond acceptors (Lipinski definition) is 5. The first-order valence-corrected chi connectivity index (χ1v) is 5.81. The zero-order valence-corrected chi connectivity index (χ0v) is 9.46. The first-order chi connectivity index (χ1) is 6.87. The quantitative estimate of drug-likeness (QED) is 0.632. The van der Waals surface area contributed by atoms with Crippen LogP contribution in [0, 0.1) is 0 Å². The Morgan fingerprint density at radius 1 is 1.13 bits per heavy atom. The molecule has 0 saturated carbocycles. The van der Waals surface area contributed by atoms with Crippen LogP contribution in [0.2, 0.25) is 0 Å². The Hall–Kier alpha value is -0.993. The van der Waals surface area contributed by atoms with Crippen molar-refractivity contribution in [1.82, 2.24) is 0 Å². The highest BCUT2D eigenvalue weighted by Gasteiger charge is 2.31. The minimum Gasteiger partial charge on any atom is -0.378 e. The summed E-state index contributed by atoms with van der Waals surface area (Å²) >= 11 is 0. The Balaban J connectivity index is 0.000000288. The van der Waals surface area contributed by atoms with Gasteiger partial charge < -0.3 is 19.3 Å². The number of para-hydroxylation sites is 1. The van der Waals surface area contributed by atoms with Crippen molar-refractivity contribution < 1.29 is 23.5 Å². The maximum Gasteiger partial charge on any atom is 0.703 e. The van der Waals surface area contributed by atoms with E-state index in [0.717, 1.165) is 0 Å². The molecular weight excluding hydrogens is 221 g/mol. The molecule has 0 fully saturated rings. The van der Waals surface area contributed by atoms with Gasteiger partial charge in [0, 0.05) is 19.8 Å². The molecule has 15 heavy (non-hydrogen) atoms. The minimum absolute atomic E-state index is 1.25. The summed E-state index contributed by atoms with van der Waals surface area (Å²) in [5.41, 5.74) is 1.25. The highest BCUT2D eigenvalue weighted by atomic mass is 28.4. The number of benzene rings is 1. The van der Waals surface area contributed by atoms with E-state index in [1.807, 2.05) is 32.3 Å². The van der Waals surface area contributed by atoms with Crippen LogP contribution in [-0.4, -0.2) is 37.5 Å². The third-order valence-electron chi connectivity index (χ3n) is 1.38. The van der Waals surface area contributed by atoms with Gasteiger partial charge in [0.25, 0.3) is 0 Å². The summed E-state index contributed by atoms with van der Waals surface area (Å²) in [5, 5.41) is 0. The molecule has 0 radical (unpaired) electrons. The van der Waals surface area contributed by atoms with Crippen LogP contribution in [0.5, 0.6) is 0 Å². The molecule has 0 amide bonds. The van der Waals surface area contributed by atoms with E-state index in [4.69, 9.17) is 14.4 Å². The largest absolute Gasteiger partial charge is 0.703 e. The lowest BCUT2D eigenvalue weighted by Crippen LogP contribution is -2.35. The van der Waals surface area contributed by atoms with Crippen molar-refractivity contribution in [2.75, 3.05) is 19.0 Å². The van der Waals surface area contributed by atoms with Crippen molar-refractivity contribution in [3.05, 3.63) is 30.3 Å². The number of hydrogen-bond donors (Lipinski definition) is 3. The molecule has 0 aliphatic rings. The maximum atomic E-state index is 10.3. The highest BCUT2D eigenvalue weighted by Crippen LogP contribution is 2.07. The van der Waals surface area contributed by atoms with Gasteiger partial charge in [-0.3, -0.25) is 0 Å². The fourth-order valence-electron chi connectivity index (χ4n) is 0.726. The van der Waals surface area contributed by atoms with Crippen LogP contribution in [0.4, 0.5) is 10.2 Å². The van der Waals surface area contributed by atoms with Crippen LogP contribution in [-0.2, 0) is 4.63 Å². The molecule has 0 atom stereocenters. The van der Waals surface area contributed by atoms with Gasteiger partial charge in [-0.2, -0.15) is 4.63 Å². The van der Waals surface area contributed by atoms with E-state index in [9.17, 15) is 4.53 Å². The van der Waals surface area contributed by atoms with Gasteiger partial charge in [-0.05, 0) is 12.1 Å². The molecule has 0 aliphatic carbocycles. The molecule has 0 bridgehead atoms. The van der Waals surface area contributed by atoms with E-state index < -0.39 is 9.05 Å². The van der Waals surface area contributed by atoms with E-state index in [1.54, 1.807) is 0 Å². The molecule has 1 aromatic rings. The number of anilines is 1. The molecule has 1 aromatic carbocycles. The van der Waals surface area contributed by atoms with Crippen molar-refractivity contribution in [3.8, 4) is 0 Å². The van der Waals surface area contributed by atoms with Gasteiger partial charge >= 0.3 is 9.05 Å². The molecule has 0 spiro atoms. The Morgan fingerprint density at radius 2 is 1.53 bits per heavy atom. The van der Waals surface area contributed by atoms with Crippen molar-refractivity contribution in [3.63, 3.8) is 0 Å². The fraction of sp³-hybridized carbons (Fsp3) is 0.250. The van der Waals surface area contributed by atoms with Crippen LogP contribution in [0.25, 0.3) is 0 Å². The van der Waals surface area contributed by atoms with Gasteiger partial charge in [0.2, 0.25) is 0 Å². The molecule has 7 heteroatoms. The minimum atomic E-state index is -4.80. The molecule has 1 rings (SSSR count). The summed E-state index contributed by atoms with van der Waals surface area (Å²) in [5.74, 6) is 0. The Bertz CT molecular complexity index is 265. The van der Waals surface area contributed by atoms with Gasteiger partial charge in [0.15, 0.2) is 0 Å². The third kappa shape index (κ3) is 8.03. The molecular formula is C8H14FNO4Si. The predicted octanol–water partition coefficient (Wildman–Crippen LogP) is 0.0526.